The van der Waals surface area contributed by atoms with Gasteiger partial charge in [-0.15, -0.1) is 0 Å². The van der Waals surface area contributed by atoms with Gasteiger partial charge in [-0.2, -0.15) is 0 Å². The third-order valence-electron chi connectivity index (χ3n) is 3.51. The SMILES string of the molecule is CC(C)=CC(=O)SCC(=O)N(CC(=O)O)c1c(C)ccc(C)c1C. The number of carbonyl (C=O) groups excluding carboxylic acids is 2. The highest BCUT2D eigenvalue weighted by Crippen LogP contribution is 2.28. The molecular weight excluding hydrogens is 326 g/mol. The minimum atomic E-state index is -1.09. The number of hydrogen-bond donors (Lipinski definition) is 1. The fourth-order valence-corrected chi connectivity index (χ4v) is 3.01. The first-order chi connectivity index (χ1) is 11.1. The Labute approximate surface area is 146 Å². The molecule has 0 atom stereocenters. The largest absolute Gasteiger partial charge is 0.480 e. The van der Waals surface area contributed by atoms with Gasteiger partial charge >= 0.3 is 5.97 Å². The molecule has 6 heteroatoms. The van der Waals surface area contributed by atoms with Crippen LogP contribution in [0.1, 0.15) is 30.5 Å². The summed E-state index contributed by atoms with van der Waals surface area (Å²) < 4.78 is 0. The van der Waals surface area contributed by atoms with Crippen molar-refractivity contribution in [2.45, 2.75) is 34.6 Å². The smallest absolute Gasteiger partial charge is 0.323 e. The number of thioether (sulfide) groups is 1. The second-order valence-corrected chi connectivity index (χ2v) is 6.86. The monoisotopic (exact) mass is 349 g/mol. The Kier molecular flexibility index (Phi) is 7.22. The van der Waals surface area contributed by atoms with E-state index in [4.69, 9.17) is 5.11 Å². The summed E-state index contributed by atoms with van der Waals surface area (Å²) in [5.41, 5.74) is 4.14. The van der Waals surface area contributed by atoms with Crippen LogP contribution in [0.25, 0.3) is 0 Å². The molecule has 0 bridgehead atoms. The van der Waals surface area contributed by atoms with E-state index in [0.717, 1.165) is 34.0 Å². The van der Waals surface area contributed by atoms with Crippen LogP contribution in [0.2, 0.25) is 0 Å². The van der Waals surface area contributed by atoms with Gasteiger partial charge in [0, 0.05) is 0 Å². The van der Waals surface area contributed by atoms with Crippen LogP contribution in [0.5, 0.6) is 0 Å². The van der Waals surface area contributed by atoms with E-state index in [-0.39, 0.29) is 10.9 Å². The molecule has 1 amide bonds. The van der Waals surface area contributed by atoms with Crippen molar-refractivity contribution < 1.29 is 19.5 Å². The van der Waals surface area contributed by atoms with Crippen LogP contribution in [0.3, 0.4) is 0 Å². The van der Waals surface area contributed by atoms with Crippen LogP contribution in [-0.2, 0) is 14.4 Å². The number of aliphatic carboxylic acids is 1. The van der Waals surface area contributed by atoms with E-state index in [0.29, 0.717) is 5.69 Å². The second-order valence-electron chi connectivity index (χ2n) is 5.88. The fourth-order valence-electron chi connectivity index (χ4n) is 2.27. The van der Waals surface area contributed by atoms with Gasteiger partial charge in [0.2, 0.25) is 11.0 Å². The van der Waals surface area contributed by atoms with E-state index in [1.54, 1.807) is 13.8 Å². The van der Waals surface area contributed by atoms with Gasteiger partial charge in [-0.05, 0) is 57.4 Å². The lowest BCUT2D eigenvalue weighted by Crippen LogP contribution is -2.38. The zero-order chi connectivity index (χ0) is 18.4. The molecule has 0 fully saturated rings. The van der Waals surface area contributed by atoms with Gasteiger partial charge in [-0.3, -0.25) is 19.3 Å². The van der Waals surface area contributed by atoms with Crippen LogP contribution in [-0.4, -0.2) is 34.4 Å². The zero-order valence-electron chi connectivity index (χ0n) is 14.7. The minimum absolute atomic E-state index is 0.0945. The van der Waals surface area contributed by atoms with Crippen molar-refractivity contribution in [3.63, 3.8) is 0 Å². The first-order valence-electron chi connectivity index (χ1n) is 7.54. The Bertz CT molecular complexity index is 691. The third kappa shape index (κ3) is 5.53. The fraction of sp³-hybridized carbons (Fsp3) is 0.389. The van der Waals surface area contributed by atoms with E-state index in [2.05, 4.69) is 0 Å². The lowest BCUT2D eigenvalue weighted by Gasteiger charge is -2.25. The van der Waals surface area contributed by atoms with Crippen molar-refractivity contribution in [2.75, 3.05) is 17.2 Å². The Morgan fingerprint density at radius 2 is 1.71 bits per heavy atom. The lowest BCUT2D eigenvalue weighted by molar-refractivity contribution is -0.136. The van der Waals surface area contributed by atoms with Gasteiger partial charge in [-0.25, -0.2) is 0 Å². The van der Waals surface area contributed by atoms with E-state index >= 15 is 0 Å². The van der Waals surface area contributed by atoms with Crippen LogP contribution in [0, 0.1) is 20.8 Å². The first-order valence-corrected chi connectivity index (χ1v) is 8.52. The van der Waals surface area contributed by atoms with Crippen LogP contribution >= 0.6 is 11.8 Å². The standard InChI is InChI=1S/C18H23NO4S/c1-11(2)8-17(23)24-10-15(20)19(9-16(21)22)18-13(4)7-6-12(3)14(18)5/h6-8H,9-10H2,1-5H3,(H,21,22). The third-order valence-corrected chi connectivity index (χ3v) is 4.31. The Morgan fingerprint density at radius 3 is 2.25 bits per heavy atom. The van der Waals surface area contributed by atoms with Gasteiger partial charge in [0.15, 0.2) is 0 Å². The van der Waals surface area contributed by atoms with E-state index < -0.39 is 18.4 Å². The predicted octanol–water partition coefficient (Wildman–Crippen LogP) is 3.26. The number of nitrogens with zero attached hydrogens (tertiary/aromatic N) is 1. The molecule has 1 N–H and O–H groups in total. The Balaban J connectivity index is 3.08. The molecule has 0 heterocycles. The van der Waals surface area contributed by atoms with Crippen molar-refractivity contribution in [3.8, 4) is 0 Å². The Hall–Kier alpha value is -2.08. The maximum Gasteiger partial charge on any atom is 0.323 e. The predicted molar refractivity (Wildman–Crippen MR) is 97.5 cm³/mol. The molecule has 130 valence electrons. The van der Waals surface area contributed by atoms with Crippen molar-refractivity contribution in [1.29, 1.82) is 0 Å². The summed E-state index contributed by atoms with van der Waals surface area (Å²) in [4.78, 5) is 36.7. The normalized spacial score (nSPS) is 10.2. The second kappa shape index (κ2) is 8.68. The topological polar surface area (TPSA) is 74.7 Å². The summed E-state index contributed by atoms with van der Waals surface area (Å²) in [7, 11) is 0. The molecule has 1 aromatic carbocycles. The van der Waals surface area contributed by atoms with E-state index in [9.17, 15) is 14.4 Å². The highest BCUT2D eigenvalue weighted by atomic mass is 32.2. The molecule has 0 saturated heterocycles. The highest BCUT2D eigenvalue weighted by Gasteiger charge is 2.23. The molecule has 0 aliphatic heterocycles. The molecule has 24 heavy (non-hydrogen) atoms. The van der Waals surface area contributed by atoms with Crippen molar-refractivity contribution in [1.82, 2.24) is 0 Å². The van der Waals surface area contributed by atoms with Crippen LogP contribution in [0.15, 0.2) is 23.8 Å². The number of carboxylic acids is 1. The average Bonchev–Trinajstić information content (AvgIpc) is 2.47. The molecule has 1 rings (SSSR count). The molecule has 0 spiro atoms. The molecule has 0 saturated carbocycles. The molecule has 5 nitrogen and oxygen atoms in total. The number of rotatable bonds is 6. The first kappa shape index (κ1) is 20.0. The number of aryl methyl sites for hydroxylation is 2. The summed E-state index contributed by atoms with van der Waals surface area (Å²) >= 11 is 0.879. The number of allylic oxidation sites excluding steroid dienone is 1. The quantitative estimate of drug-likeness (QED) is 0.798. The zero-order valence-corrected chi connectivity index (χ0v) is 15.5. The number of carbonyl (C=O) groups is 3. The van der Waals surface area contributed by atoms with E-state index in [1.807, 2.05) is 32.9 Å². The number of amides is 1. The van der Waals surface area contributed by atoms with Crippen molar-refractivity contribution >= 4 is 34.4 Å². The number of carboxylic acid groups (broad SMARTS) is 1. The summed E-state index contributed by atoms with van der Waals surface area (Å²) in [6.45, 7) is 8.79. The molecule has 0 aliphatic rings. The van der Waals surface area contributed by atoms with Gasteiger partial charge in [0.1, 0.15) is 6.54 Å². The summed E-state index contributed by atoms with van der Waals surface area (Å²) in [6, 6.07) is 3.80. The summed E-state index contributed by atoms with van der Waals surface area (Å²) in [5.74, 6) is -1.58. The number of benzene rings is 1. The Morgan fingerprint density at radius 1 is 1.12 bits per heavy atom. The summed E-state index contributed by atoms with van der Waals surface area (Å²) in [5, 5.41) is 8.95. The van der Waals surface area contributed by atoms with Crippen molar-refractivity contribution in [2.24, 2.45) is 0 Å². The molecular formula is C18H23NO4S. The molecule has 0 aliphatic carbocycles. The summed E-state index contributed by atoms with van der Waals surface area (Å²) in [6.07, 6.45) is 1.46. The van der Waals surface area contributed by atoms with Gasteiger partial charge < -0.3 is 5.11 Å². The molecule has 0 aromatic heterocycles. The minimum Gasteiger partial charge on any atom is -0.480 e. The van der Waals surface area contributed by atoms with Crippen LogP contribution < -0.4 is 4.90 Å². The van der Waals surface area contributed by atoms with Gasteiger partial charge in [0.05, 0.1) is 11.4 Å². The average molecular weight is 349 g/mol. The number of hydrogen-bond acceptors (Lipinski definition) is 4. The number of anilines is 1. The van der Waals surface area contributed by atoms with Crippen LogP contribution in [0.4, 0.5) is 5.69 Å². The molecule has 1 aromatic rings. The highest BCUT2D eigenvalue weighted by molar-refractivity contribution is 8.14. The molecule has 0 unspecified atom stereocenters. The van der Waals surface area contributed by atoms with Crippen molar-refractivity contribution in [3.05, 3.63) is 40.5 Å². The molecule has 0 radical (unpaired) electrons. The maximum atomic E-state index is 12.6. The lowest BCUT2D eigenvalue weighted by atomic mass is 10.0. The van der Waals surface area contributed by atoms with E-state index in [1.165, 1.54) is 11.0 Å². The maximum absolute atomic E-state index is 12.6. The van der Waals surface area contributed by atoms with Gasteiger partial charge in [-0.1, -0.05) is 29.5 Å². The van der Waals surface area contributed by atoms with Gasteiger partial charge in [0.25, 0.3) is 0 Å².